The quantitative estimate of drug-likeness (QED) is 0.323. The van der Waals surface area contributed by atoms with E-state index in [9.17, 15) is 0 Å². The zero-order valence-electron chi connectivity index (χ0n) is 16.5. The number of hydrogen-bond donors (Lipinski definition) is 2. The lowest BCUT2D eigenvalue weighted by molar-refractivity contribution is 0.303. The van der Waals surface area contributed by atoms with Crippen LogP contribution in [0.4, 0.5) is 5.69 Å². The average Bonchev–Trinajstić information content (AvgIpc) is 3.15. The van der Waals surface area contributed by atoms with Crippen LogP contribution in [-0.2, 0) is 0 Å². The molecule has 1 unspecified atom stereocenters. The number of nitrogens with zero attached hydrogens (tertiary/aromatic N) is 2. The summed E-state index contributed by atoms with van der Waals surface area (Å²) in [6.45, 7) is 3.28. The largest absolute Gasteiger partial charge is 0.493 e. The van der Waals surface area contributed by atoms with Gasteiger partial charge in [0.2, 0.25) is 0 Å². The Bertz CT molecular complexity index is 708. The Kier molecular flexibility index (Phi) is 10.5. The van der Waals surface area contributed by atoms with Gasteiger partial charge in [-0.15, -0.1) is 35.3 Å². The maximum atomic E-state index is 5.63. The van der Waals surface area contributed by atoms with Gasteiger partial charge in [-0.25, -0.2) is 0 Å². The Labute approximate surface area is 183 Å². The number of nitrogens with one attached hydrogen (secondary N) is 2. The van der Waals surface area contributed by atoms with E-state index >= 15 is 0 Å². The van der Waals surface area contributed by atoms with Crippen LogP contribution in [0.25, 0.3) is 0 Å². The van der Waals surface area contributed by atoms with Crippen LogP contribution in [0, 0.1) is 0 Å². The van der Waals surface area contributed by atoms with E-state index in [0.29, 0.717) is 24.1 Å². The summed E-state index contributed by atoms with van der Waals surface area (Å²) in [5.41, 5.74) is 0.889. The molecule has 0 radical (unpaired) electrons. The van der Waals surface area contributed by atoms with Gasteiger partial charge in [-0.1, -0.05) is 6.07 Å². The third kappa shape index (κ3) is 6.86. The highest BCUT2D eigenvalue weighted by molar-refractivity contribution is 14.0. The molecule has 150 valence electrons. The fourth-order valence-corrected chi connectivity index (χ4v) is 3.47. The van der Waals surface area contributed by atoms with Crippen molar-refractivity contribution in [1.29, 1.82) is 0 Å². The minimum Gasteiger partial charge on any atom is -0.493 e. The van der Waals surface area contributed by atoms with E-state index in [4.69, 9.17) is 9.47 Å². The summed E-state index contributed by atoms with van der Waals surface area (Å²) >= 11 is 1.76. The third-order valence-electron chi connectivity index (χ3n) is 3.91. The number of thiophene rings is 1. The second kappa shape index (κ2) is 12.0. The van der Waals surface area contributed by atoms with Gasteiger partial charge in [-0.3, -0.25) is 4.99 Å². The molecule has 0 bridgehead atoms. The molecule has 1 aromatic carbocycles. The Morgan fingerprint density at radius 1 is 1.26 bits per heavy atom. The van der Waals surface area contributed by atoms with Gasteiger partial charge in [0.25, 0.3) is 0 Å². The van der Waals surface area contributed by atoms with Gasteiger partial charge < -0.3 is 25.0 Å². The van der Waals surface area contributed by atoms with Gasteiger partial charge in [-0.05, 0) is 44.6 Å². The maximum absolute atomic E-state index is 5.63. The van der Waals surface area contributed by atoms with Gasteiger partial charge in [0.15, 0.2) is 17.5 Å². The number of hydrogen-bond acceptors (Lipinski definition) is 5. The maximum Gasteiger partial charge on any atom is 0.195 e. The standard InChI is InChI=1S/C19H28N4O2S.HI/c1-6-25-17-12-14(9-10-16(17)24-5)22-19(20-2)21-13-15(23(3)4)18-8-7-11-26-18;/h7-12,15H,6,13H2,1-5H3,(H2,20,21,22);1H. The second-order valence-electron chi connectivity index (χ2n) is 5.87. The molecule has 2 N–H and O–H groups in total. The highest BCUT2D eigenvalue weighted by Crippen LogP contribution is 2.30. The van der Waals surface area contributed by atoms with Gasteiger partial charge in [0.1, 0.15) is 0 Å². The average molecular weight is 504 g/mol. The number of halogens is 1. The molecular formula is C19H29IN4O2S. The van der Waals surface area contributed by atoms with Crippen molar-refractivity contribution in [3.63, 3.8) is 0 Å². The van der Waals surface area contributed by atoms with Crippen molar-refractivity contribution in [1.82, 2.24) is 10.2 Å². The van der Waals surface area contributed by atoms with E-state index in [1.807, 2.05) is 25.1 Å². The number of guanidine groups is 1. The molecule has 0 spiro atoms. The zero-order chi connectivity index (χ0) is 18.9. The molecule has 0 amide bonds. The van der Waals surface area contributed by atoms with E-state index in [1.54, 1.807) is 25.5 Å². The van der Waals surface area contributed by atoms with Crippen LogP contribution in [0.5, 0.6) is 11.5 Å². The van der Waals surface area contributed by atoms with Crippen LogP contribution in [0.2, 0.25) is 0 Å². The highest BCUT2D eigenvalue weighted by atomic mass is 127. The predicted octanol–water partition coefficient (Wildman–Crippen LogP) is 4.06. The lowest BCUT2D eigenvalue weighted by atomic mass is 10.2. The molecular weight excluding hydrogens is 475 g/mol. The normalized spacial score (nSPS) is 12.3. The first-order chi connectivity index (χ1) is 12.6. The van der Waals surface area contributed by atoms with Crippen molar-refractivity contribution >= 4 is 47.0 Å². The third-order valence-corrected chi connectivity index (χ3v) is 4.88. The smallest absolute Gasteiger partial charge is 0.195 e. The molecule has 0 aliphatic heterocycles. The molecule has 0 fully saturated rings. The fourth-order valence-electron chi connectivity index (χ4n) is 2.55. The van der Waals surface area contributed by atoms with Crippen LogP contribution >= 0.6 is 35.3 Å². The summed E-state index contributed by atoms with van der Waals surface area (Å²) in [4.78, 5) is 7.84. The lowest BCUT2D eigenvalue weighted by Gasteiger charge is -2.24. The summed E-state index contributed by atoms with van der Waals surface area (Å²) in [5.74, 6) is 2.13. The van der Waals surface area contributed by atoms with Crippen LogP contribution in [0.3, 0.4) is 0 Å². The molecule has 2 aromatic rings. The van der Waals surface area contributed by atoms with Crippen molar-refractivity contribution in [2.75, 3.05) is 46.7 Å². The Morgan fingerprint density at radius 2 is 2.04 bits per heavy atom. The molecule has 0 saturated carbocycles. The minimum absolute atomic E-state index is 0. The summed E-state index contributed by atoms with van der Waals surface area (Å²) in [6, 6.07) is 10.3. The van der Waals surface area contributed by atoms with Gasteiger partial charge in [0.05, 0.1) is 19.8 Å². The van der Waals surface area contributed by atoms with Gasteiger partial charge in [-0.2, -0.15) is 0 Å². The molecule has 2 rings (SSSR count). The number of rotatable bonds is 8. The second-order valence-corrected chi connectivity index (χ2v) is 6.85. The Balaban J connectivity index is 0.00000364. The molecule has 1 heterocycles. The first kappa shape index (κ1) is 23.5. The molecule has 0 aliphatic carbocycles. The van der Waals surface area contributed by atoms with E-state index in [2.05, 4.69) is 52.1 Å². The summed E-state index contributed by atoms with van der Waals surface area (Å²) in [5, 5.41) is 8.81. The molecule has 0 aliphatic rings. The number of likely N-dealkylation sites (N-methyl/N-ethyl adjacent to an activating group) is 1. The lowest BCUT2D eigenvalue weighted by Crippen LogP contribution is -2.37. The Morgan fingerprint density at radius 3 is 2.59 bits per heavy atom. The fraction of sp³-hybridized carbons (Fsp3) is 0.421. The summed E-state index contributed by atoms with van der Waals surface area (Å²) in [6.07, 6.45) is 0. The van der Waals surface area contributed by atoms with E-state index in [-0.39, 0.29) is 30.0 Å². The minimum atomic E-state index is 0. The van der Waals surface area contributed by atoms with E-state index < -0.39 is 0 Å². The predicted molar refractivity (Wildman–Crippen MR) is 125 cm³/mol. The molecule has 1 atom stereocenters. The van der Waals surface area contributed by atoms with Crippen molar-refractivity contribution < 1.29 is 9.47 Å². The summed E-state index contributed by atoms with van der Waals surface area (Å²) < 4.78 is 11.0. The topological polar surface area (TPSA) is 58.1 Å². The van der Waals surface area contributed by atoms with Crippen LogP contribution in [0.1, 0.15) is 17.8 Å². The molecule has 1 aromatic heterocycles. The first-order valence-electron chi connectivity index (χ1n) is 8.57. The Hall–Kier alpha value is -1.52. The molecule has 8 heteroatoms. The van der Waals surface area contributed by atoms with Gasteiger partial charge >= 0.3 is 0 Å². The zero-order valence-corrected chi connectivity index (χ0v) is 19.6. The molecule has 6 nitrogen and oxygen atoms in total. The van der Waals surface area contributed by atoms with Crippen molar-refractivity contribution in [3.8, 4) is 11.5 Å². The monoisotopic (exact) mass is 504 g/mol. The number of aliphatic imine (C=N–C) groups is 1. The molecule has 27 heavy (non-hydrogen) atoms. The van der Waals surface area contributed by atoms with Crippen molar-refractivity contribution in [3.05, 3.63) is 40.6 Å². The number of benzene rings is 1. The number of ether oxygens (including phenoxy) is 2. The number of anilines is 1. The van der Waals surface area contributed by atoms with Crippen LogP contribution in [-0.4, -0.2) is 52.3 Å². The SMILES string of the molecule is CCOc1cc(NC(=NC)NCC(c2cccs2)N(C)C)ccc1OC.I. The van der Waals surface area contributed by atoms with Crippen molar-refractivity contribution in [2.24, 2.45) is 4.99 Å². The van der Waals surface area contributed by atoms with Crippen LogP contribution in [0.15, 0.2) is 40.7 Å². The van der Waals surface area contributed by atoms with E-state index in [0.717, 1.165) is 12.2 Å². The van der Waals surface area contributed by atoms with E-state index in [1.165, 1.54) is 4.88 Å². The molecule has 0 saturated heterocycles. The number of methoxy groups -OCH3 is 1. The van der Waals surface area contributed by atoms with Crippen molar-refractivity contribution in [2.45, 2.75) is 13.0 Å². The van der Waals surface area contributed by atoms with Crippen LogP contribution < -0.4 is 20.1 Å². The first-order valence-corrected chi connectivity index (χ1v) is 9.45. The van der Waals surface area contributed by atoms with Gasteiger partial charge in [0, 0.05) is 30.2 Å². The summed E-state index contributed by atoms with van der Waals surface area (Å²) in [7, 11) is 7.57. The highest BCUT2D eigenvalue weighted by Gasteiger charge is 2.16.